The zero-order valence-corrected chi connectivity index (χ0v) is 10.3. The van der Waals surface area contributed by atoms with E-state index < -0.39 is 11.6 Å². The smallest absolute Gasteiger partial charge is 0.200 e. The number of benzene rings is 2. The molecule has 4 heteroatoms. The average Bonchev–Trinajstić information content (AvgIpc) is 2.42. The van der Waals surface area contributed by atoms with Gasteiger partial charge in [-0.1, -0.05) is 30.3 Å². The maximum atomic E-state index is 13.3. The Hall–Kier alpha value is -2.23. The fourth-order valence-corrected chi connectivity index (χ4v) is 1.76. The third-order valence-corrected chi connectivity index (χ3v) is 2.74. The molecule has 0 spiro atoms. The minimum atomic E-state index is -1.09. The molecule has 0 unspecified atom stereocenters. The summed E-state index contributed by atoms with van der Waals surface area (Å²) >= 11 is 0. The van der Waals surface area contributed by atoms with Crippen molar-refractivity contribution in [2.75, 3.05) is 7.11 Å². The van der Waals surface area contributed by atoms with Crippen LogP contribution in [0, 0.1) is 11.6 Å². The van der Waals surface area contributed by atoms with Crippen molar-refractivity contribution in [3.05, 3.63) is 65.2 Å². The summed E-state index contributed by atoms with van der Waals surface area (Å²) in [6, 6.07) is 11.2. The van der Waals surface area contributed by atoms with E-state index in [4.69, 9.17) is 4.74 Å². The van der Waals surface area contributed by atoms with Gasteiger partial charge in [0.1, 0.15) is 0 Å². The maximum absolute atomic E-state index is 13.3. The highest BCUT2D eigenvalue weighted by atomic mass is 19.2. The van der Waals surface area contributed by atoms with Gasteiger partial charge in [-0.25, -0.2) is 4.39 Å². The summed E-state index contributed by atoms with van der Waals surface area (Å²) in [4.78, 5) is 12.0. The molecule has 19 heavy (non-hydrogen) atoms. The number of methoxy groups -OCH3 is 1. The lowest BCUT2D eigenvalue weighted by molar-refractivity contribution is 0.0992. The number of ketones is 1. The van der Waals surface area contributed by atoms with Crippen LogP contribution in [0.3, 0.4) is 0 Å². The van der Waals surface area contributed by atoms with Gasteiger partial charge < -0.3 is 4.74 Å². The second-order valence-electron chi connectivity index (χ2n) is 4.06. The summed E-state index contributed by atoms with van der Waals surface area (Å²) in [5, 5.41) is 0. The molecule has 0 aromatic heterocycles. The van der Waals surface area contributed by atoms with E-state index in [1.807, 2.05) is 18.2 Å². The van der Waals surface area contributed by atoms with Gasteiger partial charge in [-0.3, -0.25) is 4.79 Å². The summed E-state index contributed by atoms with van der Waals surface area (Å²) < 4.78 is 31.3. The molecular weight excluding hydrogens is 250 g/mol. The van der Waals surface area contributed by atoms with E-state index in [1.54, 1.807) is 12.1 Å². The third-order valence-electron chi connectivity index (χ3n) is 2.74. The lowest BCUT2D eigenvalue weighted by Crippen LogP contribution is -2.06. The highest BCUT2D eigenvalue weighted by Crippen LogP contribution is 2.22. The van der Waals surface area contributed by atoms with E-state index >= 15 is 0 Å². The lowest BCUT2D eigenvalue weighted by atomic mass is 10.0. The number of carbonyl (C=O) groups excluding carboxylic acids is 1. The normalized spacial score (nSPS) is 10.3. The van der Waals surface area contributed by atoms with Crippen molar-refractivity contribution >= 4 is 5.78 Å². The van der Waals surface area contributed by atoms with E-state index in [0.29, 0.717) is 0 Å². The van der Waals surface area contributed by atoms with Crippen molar-refractivity contribution in [3.8, 4) is 5.75 Å². The first-order valence-electron chi connectivity index (χ1n) is 5.72. The SMILES string of the molecule is COc1cc(C(=O)Cc2ccccc2)cc(F)c1F. The molecule has 0 bridgehead atoms. The second kappa shape index (κ2) is 5.61. The lowest BCUT2D eigenvalue weighted by Gasteiger charge is -2.06. The van der Waals surface area contributed by atoms with E-state index in [2.05, 4.69) is 0 Å². The van der Waals surface area contributed by atoms with E-state index in [1.165, 1.54) is 13.2 Å². The van der Waals surface area contributed by atoms with Crippen LogP contribution in [0.5, 0.6) is 5.75 Å². The minimum absolute atomic E-state index is 0.0969. The molecule has 0 saturated carbocycles. The van der Waals surface area contributed by atoms with Crippen molar-refractivity contribution < 1.29 is 18.3 Å². The molecular formula is C15H12F2O2. The van der Waals surface area contributed by atoms with Crippen molar-refractivity contribution in [3.63, 3.8) is 0 Å². The predicted octanol–water partition coefficient (Wildman–Crippen LogP) is 3.40. The average molecular weight is 262 g/mol. The third kappa shape index (κ3) is 2.96. The van der Waals surface area contributed by atoms with Gasteiger partial charge in [0.15, 0.2) is 17.3 Å². The van der Waals surface area contributed by atoms with Crippen LogP contribution in [0.4, 0.5) is 8.78 Å². The van der Waals surface area contributed by atoms with Crippen molar-refractivity contribution in [1.29, 1.82) is 0 Å². The van der Waals surface area contributed by atoms with Gasteiger partial charge in [0.05, 0.1) is 7.11 Å². The van der Waals surface area contributed by atoms with Crippen LogP contribution in [0.25, 0.3) is 0 Å². The Morgan fingerprint density at radius 1 is 1.16 bits per heavy atom. The second-order valence-corrected chi connectivity index (χ2v) is 4.06. The summed E-state index contributed by atoms with van der Waals surface area (Å²) in [7, 11) is 1.23. The molecule has 0 radical (unpaired) electrons. The highest BCUT2D eigenvalue weighted by molar-refractivity contribution is 5.97. The molecule has 2 aromatic carbocycles. The van der Waals surface area contributed by atoms with Crippen molar-refractivity contribution in [1.82, 2.24) is 0 Å². The van der Waals surface area contributed by atoms with Gasteiger partial charge in [-0.05, 0) is 17.7 Å². The molecule has 0 heterocycles. The zero-order valence-electron chi connectivity index (χ0n) is 10.3. The Morgan fingerprint density at radius 3 is 2.47 bits per heavy atom. The number of hydrogen-bond donors (Lipinski definition) is 0. The first kappa shape index (κ1) is 13.2. The van der Waals surface area contributed by atoms with Crippen LogP contribution in [-0.2, 0) is 6.42 Å². The van der Waals surface area contributed by atoms with E-state index in [0.717, 1.165) is 11.6 Å². The molecule has 0 saturated heterocycles. The van der Waals surface area contributed by atoms with Gasteiger partial charge in [0, 0.05) is 12.0 Å². The first-order chi connectivity index (χ1) is 9.11. The van der Waals surface area contributed by atoms with Crippen LogP contribution in [-0.4, -0.2) is 12.9 Å². The Morgan fingerprint density at radius 2 is 1.84 bits per heavy atom. The predicted molar refractivity (Wildman–Crippen MR) is 67.4 cm³/mol. The monoisotopic (exact) mass is 262 g/mol. The summed E-state index contributed by atoms with van der Waals surface area (Å²) in [6.45, 7) is 0. The number of ether oxygens (including phenoxy) is 1. The standard InChI is InChI=1S/C15H12F2O2/c1-19-14-9-11(8-12(16)15(14)17)13(18)7-10-5-3-2-4-6-10/h2-6,8-9H,7H2,1H3. The summed E-state index contributed by atoms with van der Waals surface area (Å²) in [5.74, 6) is -2.73. The highest BCUT2D eigenvalue weighted by Gasteiger charge is 2.15. The topological polar surface area (TPSA) is 26.3 Å². The molecule has 0 atom stereocenters. The van der Waals surface area contributed by atoms with Gasteiger partial charge in [0.2, 0.25) is 5.82 Å². The molecule has 0 aliphatic heterocycles. The van der Waals surface area contributed by atoms with E-state index in [9.17, 15) is 13.6 Å². The molecule has 0 aliphatic carbocycles. The van der Waals surface area contributed by atoms with Gasteiger partial charge >= 0.3 is 0 Å². The summed E-state index contributed by atoms with van der Waals surface area (Å²) in [6.07, 6.45) is 0.134. The fourth-order valence-electron chi connectivity index (χ4n) is 1.76. The molecule has 2 aromatic rings. The largest absolute Gasteiger partial charge is 0.494 e. The number of halogens is 2. The molecule has 2 nitrogen and oxygen atoms in total. The molecule has 98 valence electrons. The van der Waals surface area contributed by atoms with Gasteiger partial charge in [-0.15, -0.1) is 0 Å². The fraction of sp³-hybridized carbons (Fsp3) is 0.133. The number of rotatable bonds is 4. The van der Waals surface area contributed by atoms with Crippen molar-refractivity contribution in [2.24, 2.45) is 0 Å². The van der Waals surface area contributed by atoms with Crippen molar-refractivity contribution in [2.45, 2.75) is 6.42 Å². The molecule has 2 rings (SSSR count). The quantitative estimate of drug-likeness (QED) is 0.789. The number of Topliss-reactive ketones (excluding diaryl/α,β-unsaturated/α-hetero) is 1. The van der Waals surface area contributed by atoms with Crippen LogP contribution in [0.15, 0.2) is 42.5 Å². The van der Waals surface area contributed by atoms with E-state index in [-0.39, 0.29) is 23.5 Å². The Labute approximate surface area is 109 Å². The molecule has 0 amide bonds. The molecule has 0 N–H and O–H groups in total. The number of carbonyl (C=O) groups is 1. The Balaban J connectivity index is 2.27. The maximum Gasteiger partial charge on any atom is 0.200 e. The van der Waals surface area contributed by atoms with Crippen LogP contribution >= 0.6 is 0 Å². The van der Waals surface area contributed by atoms with Gasteiger partial charge in [0.25, 0.3) is 0 Å². The summed E-state index contributed by atoms with van der Waals surface area (Å²) in [5.41, 5.74) is 0.913. The Bertz CT molecular complexity index is 595. The minimum Gasteiger partial charge on any atom is -0.494 e. The van der Waals surface area contributed by atoms with Crippen LogP contribution < -0.4 is 4.74 Å². The molecule has 0 fully saturated rings. The van der Waals surface area contributed by atoms with Gasteiger partial charge in [-0.2, -0.15) is 4.39 Å². The Kier molecular flexibility index (Phi) is 3.90. The molecule has 0 aliphatic rings. The van der Waals surface area contributed by atoms with Crippen LogP contribution in [0.2, 0.25) is 0 Å². The van der Waals surface area contributed by atoms with Crippen LogP contribution in [0.1, 0.15) is 15.9 Å². The number of hydrogen-bond acceptors (Lipinski definition) is 2. The first-order valence-corrected chi connectivity index (χ1v) is 5.72. The zero-order chi connectivity index (χ0) is 13.8.